The Kier molecular flexibility index (Phi) is 11.2. The van der Waals surface area contributed by atoms with Crippen LogP contribution in [-0.4, -0.2) is 75.9 Å². The lowest BCUT2D eigenvalue weighted by Crippen LogP contribution is -2.42. The van der Waals surface area contributed by atoms with Crippen molar-refractivity contribution in [2.75, 3.05) is 45.5 Å². The number of alkyl carbamates (subject to hydrolysis) is 1. The molecule has 10 heteroatoms. The Morgan fingerprint density at radius 1 is 1.12 bits per heavy atom. The number of nitrogens with zero attached hydrogens (tertiary/aromatic N) is 2. The summed E-state index contributed by atoms with van der Waals surface area (Å²) in [5.41, 5.74) is -0.522. The topological polar surface area (TPSA) is 112 Å². The van der Waals surface area contributed by atoms with Gasteiger partial charge in [0.2, 0.25) is 10.0 Å². The van der Waals surface area contributed by atoms with Crippen LogP contribution < -0.4 is 16.0 Å². The zero-order valence-corrected chi connectivity index (χ0v) is 17.7. The number of sulfonamides is 1. The van der Waals surface area contributed by atoms with E-state index in [-0.39, 0.29) is 0 Å². The van der Waals surface area contributed by atoms with Crippen LogP contribution in [0.1, 0.15) is 41.0 Å². The molecule has 0 rings (SSSR count). The highest BCUT2D eigenvalue weighted by Crippen LogP contribution is 2.06. The summed E-state index contributed by atoms with van der Waals surface area (Å²) < 4.78 is 29.6. The lowest BCUT2D eigenvalue weighted by atomic mass is 10.2. The van der Waals surface area contributed by atoms with Gasteiger partial charge in [-0.3, -0.25) is 4.99 Å². The summed E-state index contributed by atoms with van der Waals surface area (Å²) in [5.74, 6) is 0.626. The van der Waals surface area contributed by atoms with Crippen molar-refractivity contribution in [2.45, 2.75) is 46.6 Å². The van der Waals surface area contributed by atoms with Crippen LogP contribution >= 0.6 is 0 Å². The van der Waals surface area contributed by atoms with Crippen LogP contribution in [-0.2, 0) is 14.8 Å². The highest BCUT2D eigenvalue weighted by Gasteiger charge is 2.15. The van der Waals surface area contributed by atoms with Gasteiger partial charge in [-0.2, -0.15) is 0 Å². The van der Waals surface area contributed by atoms with Crippen LogP contribution in [0.25, 0.3) is 0 Å². The van der Waals surface area contributed by atoms with Crippen molar-refractivity contribution in [3.8, 4) is 0 Å². The molecule has 0 radical (unpaired) electrons. The van der Waals surface area contributed by atoms with Crippen LogP contribution in [0.5, 0.6) is 0 Å². The zero-order chi connectivity index (χ0) is 20.2. The summed E-state index contributed by atoms with van der Waals surface area (Å²) in [6, 6.07) is 0. The summed E-state index contributed by atoms with van der Waals surface area (Å²) in [6.07, 6.45) is 1.39. The summed E-state index contributed by atoms with van der Waals surface area (Å²) in [5, 5.41) is 8.88. The Bertz CT molecular complexity index is 543. The predicted molar refractivity (Wildman–Crippen MR) is 105 cm³/mol. The molecule has 0 unspecified atom stereocenters. The van der Waals surface area contributed by atoms with E-state index in [2.05, 4.69) is 20.9 Å². The van der Waals surface area contributed by atoms with E-state index in [1.165, 1.54) is 10.6 Å². The van der Waals surface area contributed by atoms with Crippen molar-refractivity contribution in [2.24, 2.45) is 4.99 Å². The van der Waals surface area contributed by atoms with Gasteiger partial charge >= 0.3 is 6.09 Å². The molecule has 3 N–H and O–H groups in total. The Balaban J connectivity index is 4.23. The summed E-state index contributed by atoms with van der Waals surface area (Å²) in [6.45, 7) is 12.2. The molecule has 0 aromatic heterocycles. The molecule has 0 fully saturated rings. The van der Waals surface area contributed by atoms with Crippen molar-refractivity contribution in [1.29, 1.82) is 0 Å². The van der Waals surface area contributed by atoms with Gasteiger partial charge in [0.25, 0.3) is 0 Å². The molecule has 0 spiro atoms. The lowest BCUT2D eigenvalue weighted by molar-refractivity contribution is 0.0529. The molecule has 0 aliphatic rings. The van der Waals surface area contributed by atoms with E-state index >= 15 is 0 Å². The monoisotopic (exact) mass is 393 g/mol. The molecule has 0 saturated carbocycles. The Hall–Kier alpha value is -1.55. The maximum atomic E-state index is 11.6. The van der Waals surface area contributed by atoms with E-state index < -0.39 is 21.7 Å². The Morgan fingerprint density at radius 3 is 2.23 bits per heavy atom. The average molecular weight is 394 g/mol. The molecule has 26 heavy (non-hydrogen) atoms. The third kappa shape index (κ3) is 12.8. The maximum absolute atomic E-state index is 11.6. The number of hydrogen-bond acceptors (Lipinski definition) is 5. The van der Waals surface area contributed by atoms with Crippen molar-refractivity contribution < 1.29 is 17.9 Å². The fourth-order valence-corrected chi connectivity index (χ4v) is 2.93. The molecule has 0 atom stereocenters. The molecule has 0 heterocycles. The smallest absolute Gasteiger partial charge is 0.407 e. The fourth-order valence-electron chi connectivity index (χ4n) is 2.00. The van der Waals surface area contributed by atoms with Crippen LogP contribution in [0.3, 0.4) is 0 Å². The van der Waals surface area contributed by atoms with Gasteiger partial charge in [0.1, 0.15) is 5.60 Å². The maximum Gasteiger partial charge on any atom is 0.407 e. The first-order chi connectivity index (χ1) is 12.0. The number of carbonyl (C=O) groups excluding carboxylic acids is 1. The molecule has 154 valence electrons. The van der Waals surface area contributed by atoms with E-state index in [9.17, 15) is 13.2 Å². The van der Waals surface area contributed by atoms with Crippen LogP contribution in [0.4, 0.5) is 4.79 Å². The summed E-state index contributed by atoms with van der Waals surface area (Å²) in [7, 11) is -3.16. The number of rotatable bonds is 10. The van der Waals surface area contributed by atoms with Gasteiger partial charge in [0.15, 0.2) is 5.96 Å². The minimum Gasteiger partial charge on any atom is -0.444 e. The van der Waals surface area contributed by atoms with Crippen LogP contribution in [0, 0.1) is 0 Å². The third-order valence-electron chi connectivity index (χ3n) is 3.09. The highest BCUT2D eigenvalue weighted by atomic mass is 32.2. The van der Waals surface area contributed by atoms with Gasteiger partial charge in [-0.1, -0.05) is 6.92 Å². The minimum atomic E-state index is -3.16. The SMILES string of the molecule is CCNC(=NCCCN(CC)S(C)(=O)=O)NCCNC(=O)OC(C)(C)C. The van der Waals surface area contributed by atoms with Crippen molar-refractivity contribution in [1.82, 2.24) is 20.3 Å². The number of amides is 1. The molecule has 0 aliphatic carbocycles. The molecular weight excluding hydrogens is 358 g/mol. The second kappa shape index (κ2) is 11.9. The molecule has 9 nitrogen and oxygen atoms in total. The number of carbonyl (C=O) groups is 1. The van der Waals surface area contributed by atoms with Crippen molar-refractivity contribution in [3.63, 3.8) is 0 Å². The molecule has 0 bridgehead atoms. The second-order valence-corrected chi connectivity index (χ2v) is 8.71. The van der Waals surface area contributed by atoms with Gasteiger partial charge in [0.05, 0.1) is 6.26 Å². The predicted octanol–water partition coefficient (Wildman–Crippen LogP) is 0.738. The van der Waals surface area contributed by atoms with E-state index in [0.717, 1.165) is 0 Å². The zero-order valence-electron chi connectivity index (χ0n) is 16.9. The lowest BCUT2D eigenvalue weighted by Gasteiger charge is -2.20. The normalized spacial score (nSPS) is 12.8. The summed E-state index contributed by atoms with van der Waals surface area (Å²) >= 11 is 0. The van der Waals surface area contributed by atoms with E-state index in [0.29, 0.717) is 51.6 Å². The van der Waals surface area contributed by atoms with E-state index in [4.69, 9.17) is 4.74 Å². The molecule has 1 amide bonds. The first-order valence-corrected chi connectivity index (χ1v) is 10.8. The van der Waals surface area contributed by atoms with Gasteiger partial charge in [0, 0.05) is 39.3 Å². The van der Waals surface area contributed by atoms with Crippen molar-refractivity contribution in [3.05, 3.63) is 0 Å². The summed E-state index contributed by atoms with van der Waals surface area (Å²) in [4.78, 5) is 16.0. The molecule has 0 aromatic carbocycles. The average Bonchev–Trinajstić information content (AvgIpc) is 2.48. The third-order valence-corrected chi connectivity index (χ3v) is 4.47. The van der Waals surface area contributed by atoms with Crippen LogP contribution in [0.15, 0.2) is 4.99 Å². The van der Waals surface area contributed by atoms with E-state index in [1.54, 1.807) is 0 Å². The Labute approximate surface area is 158 Å². The molecule has 0 saturated heterocycles. The first kappa shape index (κ1) is 24.5. The number of ether oxygens (including phenoxy) is 1. The standard InChI is InChI=1S/C16H35N5O4S/c1-7-17-14(18-10-9-13-21(8-2)26(6,23)24)19-11-12-20-15(22)25-16(3,4)5/h7-13H2,1-6H3,(H,20,22)(H2,17,18,19). The molecule has 0 aliphatic heterocycles. The van der Waals surface area contributed by atoms with Crippen molar-refractivity contribution >= 4 is 22.1 Å². The highest BCUT2D eigenvalue weighted by molar-refractivity contribution is 7.88. The fraction of sp³-hybridized carbons (Fsp3) is 0.875. The van der Waals surface area contributed by atoms with Gasteiger partial charge in [-0.15, -0.1) is 0 Å². The Morgan fingerprint density at radius 2 is 1.73 bits per heavy atom. The molecular formula is C16H35N5O4S. The van der Waals surface area contributed by atoms with Gasteiger partial charge in [-0.25, -0.2) is 17.5 Å². The van der Waals surface area contributed by atoms with E-state index in [1.807, 2.05) is 34.6 Å². The minimum absolute atomic E-state index is 0.400. The number of nitrogens with one attached hydrogen (secondary N) is 3. The second-order valence-electron chi connectivity index (χ2n) is 6.72. The first-order valence-electron chi connectivity index (χ1n) is 8.93. The van der Waals surface area contributed by atoms with Gasteiger partial charge < -0.3 is 20.7 Å². The number of guanidine groups is 1. The number of aliphatic imine (C=N–C) groups is 1. The molecule has 0 aromatic rings. The van der Waals surface area contributed by atoms with Gasteiger partial charge in [-0.05, 0) is 34.1 Å². The van der Waals surface area contributed by atoms with Crippen LogP contribution in [0.2, 0.25) is 0 Å². The largest absolute Gasteiger partial charge is 0.444 e. The quantitative estimate of drug-likeness (QED) is 0.287. The number of hydrogen-bond donors (Lipinski definition) is 3.